The summed E-state index contributed by atoms with van der Waals surface area (Å²) < 4.78 is 84.9. The predicted molar refractivity (Wildman–Crippen MR) is 159 cm³/mol. The van der Waals surface area contributed by atoms with Gasteiger partial charge in [0, 0.05) is 32.8 Å². The van der Waals surface area contributed by atoms with Crippen LogP contribution in [0.5, 0.6) is 0 Å². The maximum absolute atomic E-state index is 13.4. The largest absolute Gasteiger partial charge is 0.379 e. The SMILES string of the molecule is CCOC[C@@H]1COCCN(S(=O)(=O)c2ccc(C)cc2)CCOCCOCCN(S(=O)(=O)c2ccc(C)cc2)CCO1. The third kappa shape index (κ3) is 10.6. The van der Waals surface area contributed by atoms with Crippen molar-refractivity contribution in [2.24, 2.45) is 0 Å². The molecule has 0 radical (unpaired) electrons. The molecule has 13 heteroatoms. The van der Waals surface area contributed by atoms with Gasteiger partial charge in [-0.25, -0.2) is 16.8 Å². The molecule has 2 aromatic rings. The van der Waals surface area contributed by atoms with E-state index in [-0.39, 0.29) is 88.8 Å². The lowest BCUT2D eigenvalue weighted by atomic mass is 10.2. The van der Waals surface area contributed by atoms with Crippen LogP contribution in [0.2, 0.25) is 0 Å². The Bertz CT molecular complexity index is 1270. The van der Waals surface area contributed by atoms with Crippen molar-refractivity contribution in [1.29, 1.82) is 0 Å². The predicted octanol–water partition coefficient (Wildman–Crippen LogP) is 2.47. The highest BCUT2D eigenvalue weighted by molar-refractivity contribution is 7.89. The minimum Gasteiger partial charge on any atom is -0.379 e. The number of hydrogen-bond acceptors (Lipinski definition) is 9. The number of nitrogens with zero attached hydrogens (tertiary/aromatic N) is 2. The molecular weight excluding hydrogens is 584 g/mol. The number of hydrogen-bond donors (Lipinski definition) is 0. The zero-order valence-electron chi connectivity index (χ0n) is 24.8. The van der Waals surface area contributed by atoms with Gasteiger partial charge in [0.05, 0.1) is 62.6 Å². The van der Waals surface area contributed by atoms with Gasteiger partial charge in [-0.3, -0.25) is 0 Å². The van der Waals surface area contributed by atoms with Gasteiger partial charge in [-0.1, -0.05) is 35.4 Å². The molecule has 0 amide bonds. The third-order valence-corrected chi connectivity index (χ3v) is 10.5. The Kier molecular flexibility index (Phi) is 14.3. The molecule has 1 atom stereocenters. The van der Waals surface area contributed by atoms with Crippen LogP contribution >= 0.6 is 0 Å². The molecule has 1 saturated heterocycles. The van der Waals surface area contributed by atoms with E-state index in [2.05, 4.69) is 0 Å². The summed E-state index contributed by atoms with van der Waals surface area (Å²) in [5.41, 5.74) is 1.94. The van der Waals surface area contributed by atoms with E-state index in [0.717, 1.165) is 11.1 Å². The van der Waals surface area contributed by atoms with Crippen LogP contribution in [0, 0.1) is 13.8 Å². The molecular formula is C29H44N2O9S2. The van der Waals surface area contributed by atoms with Gasteiger partial charge >= 0.3 is 0 Å². The Morgan fingerprint density at radius 2 is 1.10 bits per heavy atom. The highest BCUT2D eigenvalue weighted by atomic mass is 32.2. The maximum atomic E-state index is 13.4. The molecule has 0 unspecified atom stereocenters. The summed E-state index contributed by atoms with van der Waals surface area (Å²) in [7, 11) is -7.53. The van der Waals surface area contributed by atoms with Crippen LogP contribution in [0.25, 0.3) is 0 Å². The molecule has 1 aliphatic heterocycles. The van der Waals surface area contributed by atoms with Gasteiger partial charge in [0.15, 0.2) is 0 Å². The minimum atomic E-state index is -3.77. The lowest BCUT2D eigenvalue weighted by Crippen LogP contribution is -2.39. The van der Waals surface area contributed by atoms with Gasteiger partial charge in [0.25, 0.3) is 0 Å². The van der Waals surface area contributed by atoms with Crippen molar-refractivity contribution in [1.82, 2.24) is 8.61 Å². The summed E-state index contributed by atoms with van der Waals surface area (Å²) in [6.07, 6.45) is -0.463. The molecule has 0 spiro atoms. The number of aryl methyl sites for hydroxylation is 2. The van der Waals surface area contributed by atoms with Crippen molar-refractivity contribution in [3.63, 3.8) is 0 Å². The summed E-state index contributed by atoms with van der Waals surface area (Å²) in [5, 5.41) is 0. The van der Waals surface area contributed by atoms with E-state index in [9.17, 15) is 16.8 Å². The van der Waals surface area contributed by atoms with E-state index in [1.54, 1.807) is 48.5 Å². The highest BCUT2D eigenvalue weighted by Crippen LogP contribution is 2.18. The summed E-state index contributed by atoms with van der Waals surface area (Å²) in [4.78, 5) is 0.416. The van der Waals surface area contributed by atoms with E-state index in [1.165, 1.54) is 8.61 Å². The maximum Gasteiger partial charge on any atom is 0.243 e. The zero-order chi connectivity index (χ0) is 30.4. The van der Waals surface area contributed by atoms with Crippen LogP contribution in [0.15, 0.2) is 58.3 Å². The number of benzene rings is 2. The summed E-state index contributed by atoms with van der Waals surface area (Å²) in [6, 6.07) is 13.5. The molecule has 3 rings (SSSR count). The first kappa shape index (κ1) is 34.5. The molecule has 0 saturated carbocycles. The van der Waals surface area contributed by atoms with Gasteiger partial charge < -0.3 is 23.7 Å². The van der Waals surface area contributed by atoms with Crippen LogP contribution in [0.1, 0.15) is 18.1 Å². The second-order valence-electron chi connectivity index (χ2n) is 9.89. The first-order valence-electron chi connectivity index (χ1n) is 14.2. The van der Waals surface area contributed by atoms with Gasteiger partial charge in [0.1, 0.15) is 6.10 Å². The average Bonchev–Trinajstić information content (AvgIpc) is 2.96. The average molecular weight is 629 g/mol. The summed E-state index contributed by atoms with van der Waals surface area (Å²) in [5.74, 6) is 0. The number of ether oxygens (including phenoxy) is 5. The normalized spacial score (nSPS) is 20.5. The summed E-state index contributed by atoms with van der Waals surface area (Å²) >= 11 is 0. The minimum absolute atomic E-state index is 0.112. The van der Waals surface area contributed by atoms with Crippen LogP contribution < -0.4 is 0 Å². The standard InChI is InChI=1S/C29H44N2O9S2/c1-4-36-23-27-24-39-19-15-30(41(32,33)28-9-5-25(2)6-10-28)13-17-37-21-22-38-18-14-31(16-20-40-27)42(34,35)29-11-7-26(3)8-12-29/h5-12,27H,4,13-24H2,1-3H3/t27-/m1/s1. The van der Waals surface area contributed by atoms with Crippen LogP contribution in [0.4, 0.5) is 0 Å². The van der Waals surface area contributed by atoms with Crippen molar-refractivity contribution in [3.8, 4) is 0 Å². The first-order chi connectivity index (χ1) is 20.1. The fourth-order valence-corrected chi connectivity index (χ4v) is 6.99. The molecule has 1 aliphatic rings. The van der Waals surface area contributed by atoms with Crippen molar-refractivity contribution < 1.29 is 40.5 Å². The van der Waals surface area contributed by atoms with E-state index >= 15 is 0 Å². The molecule has 0 N–H and O–H groups in total. The fraction of sp³-hybridized carbons (Fsp3) is 0.586. The Hall–Kier alpha value is -1.94. The van der Waals surface area contributed by atoms with Crippen LogP contribution in [-0.4, -0.2) is 117 Å². The fourth-order valence-electron chi connectivity index (χ4n) is 4.17. The Morgan fingerprint density at radius 1 is 0.667 bits per heavy atom. The van der Waals surface area contributed by atoms with Crippen LogP contribution in [-0.2, 0) is 43.7 Å². The Morgan fingerprint density at radius 3 is 1.55 bits per heavy atom. The second-order valence-corrected chi connectivity index (χ2v) is 13.8. The number of rotatable bonds is 7. The van der Waals surface area contributed by atoms with Crippen molar-refractivity contribution in [2.45, 2.75) is 36.7 Å². The second kappa shape index (κ2) is 17.4. The van der Waals surface area contributed by atoms with E-state index in [1.807, 2.05) is 20.8 Å². The molecule has 1 heterocycles. The molecule has 1 fully saturated rings. The lowest BCUT2D eigenvalue weighted by Gasteiger charge is -2.25. The van der Waals surface area contributed by atoms with Gasteiger partial charge in [-0.2, -0.15) is 8.61 Å². The third-order valence-electron chi connectivity index (χ3n) is 6.65. The van der Waals surface area contributed by atoms with E-state index in [0.29, 0.717) is 6.61 Å². The monoisotopic (exact) mass is 628 g/mol. The smallest absolute Gasteiger partial charge is 0.243 e. The molecule has 2 aromatic carbocycles. The quantitative estimate of drug-likeness (QED) is 0.455. The molecule has 42 heavy (non-hydrogen) atoms. The number of sulfonamides is 2. The van der Waals surface area contributed by atoms with Crippen molar-refractivity contribution in [3.05, 3.63) is 59.7 Å². The highest BCUT2D eigenvalue weighted by Gasteiger charge is 2.26. The van der Waals surface area contributed by atoms with Crippen molar-refractivity contribution >= 4 is 20.0 Å². The Balaban J connectivity index is 1.69. The van der Waals surface area contributed by atoms with E-state index < -0.39 is 26.2 Å². The van der Waals surface area contributed by atoms with Crippen LogP contribution in [0.3, 0.4) is 0 Å². The van der Waals surface area contributed by atoms with Gasteiger partial charge in [0.2, 0.25) is 20.0 Å². The van der Waals surface area contributed by atoms with Gasteiger partial charge in [-0.05, 0) is 45.0 Å². The zero-order valence-corrected chi connectivity index (χ0v) is 26.4. The molecule has 0 aliphatic carbocycles. The first-order valence-corrected chi connectivity index (χ1v) is 17.1. The molecule has 0 bridgehead atoms. The molecule has 11 nitrogen and oxygen atoms in total. The van der Waals surface area contributed by atoms with Crippen molar-refractivity contribution in [2.75, 3.05) is 85.6 Å². The summed E-state index contributed by atoms with van der Waals surface area (Å²) in [6.45, 7) is 8.12. The molecule has 0 aromatic heterocycles. The lowest BCUT2D eigenvalue weighted by molar-refractivity contribution is -0.0612. The Labute approximate surface area is 250 Å². The molecule has 236 valence electrons. The van der Waals surface area contributed by atoms with E-state index in [4.69, 9.17) is 23.7 Å². The van der Waals surface area contributed by atoms with Gasteiger partial charge in [-0.15, -0.1) is 0 Å². The topological polar surface area (TPSA) is 121 Å².